The number of nitrogens with zero attached hydrogens (tertiary/aromatic N) is 3. The van der Waals surface area contributed by atoms with Crippen molar-refractivity contribution in [2.75, 3.05) is 18.2 Å². The number of benzene rings is 1. The van der Waals surface area contributed by atoms with E-state index in [1.54, 1.807) is 0 Å². The quantitative estimate of drug-likeness (QED) is 0.196. The zero-order chi connectivity index (χ0) is 27.3. The number of methoxy groups -OCH3 is 1. The van der Waals surface area contributed by atoms with E-state index >= 15 is 0 Å². The molecule has 8 nitrogen and oxygen atoms in total. The fourth-order valence-corrected chi connectivity index (χ4v) is 6.61. The Bertz CT molecular complexity index is 1280. The van der Waals surface area contributed by atoms with Crippen LogP contribution in [0.25, 0.3) is 0 Å². The normalized spacial score (nSPS) is 13.5. The Morgan fingerprint density at radius 3 is 2.53 bits per heavy atom. The molecule has 0 radical (unpaired) electrons. The van der Waals surface area contributed by atoms with Gasteiger partial charge in [-0.05, 0) is 61.3 Å². The Kier molecular flexibility index (Phi) is 9.15. The molecule has 38 heavy (non-hydrogen) atoms. The summed E-state index contributed by atoms with van der Waals surface area (Å²) in [6, 6.07) is 8.11. The van der Waals surface area contributed by atoms with E-state index in [9.17, 15) is 9.59 Å². The Morgan fingerprint density at radius 1 is 1.11 bits per heavy atom. The summed E-state index contributed by atoms with van der Waals surface area (Å²) in [5.74, 6) is 1.03. The zero-order valence-corrected chi connectivity index (χ0v) is 24.4. The molecule has 2 aromatic heterocycles. The largest absolute Gasteiger partial charge is 0.486 e. The minimum Gasteiger partial charge on any atom is -0.486 e. The van der Waals surface area contributed by atoms with Gasteiger partial charge in [0.1, 0.15) is 17.4 Å². The molecule has 2 heterocycles. The number of fused-ring (bicyclic) bond motifs is 1. The van der Waals surface area contributed by atoms with Gasteiger partial charge in [-0.3, -0.25) is 4.79 Å². The molecule has 1 aliphatic carbocycles. The molecule has 3 aromatic rings. The molecular formula is C28H36N4O4S2. The molecule has 0 saturated heterocycles. The third kappa shape index (κ3) is 6.58. The highest BCUT2D eigenvalue weighted by Gasteiger charge is 2.26. The number of esters is 1. The predicted octanol–water partition coefficient (Wildman–Crippen LogP) is 6.02. The number of thioether (sulfide) groups is 1. The van der Waals surface area contributed by atoms with Crippen molar-refractivity contribution in [3.63, 3.8) is 0 Å². The van der Waals surface area contributed by atoms with Gasteiger partial charge in [0.05, 0.1) is 18.4 Å². The number of aryl methyl sites for hydroxylation is 1. The van der Waals surface area contributed by atoms with Gasteiger partial charge in [-0.25, -0.2) is 4.79 Å². The zero-order valence-electron chi connectivity index (χ0n) is 22.8. The van der Waals surface area contributed by atoms with Gasteiger partial charge in [-0.2, -0.15) is 0 Å². The second kappa shape index (κ2) is 12.3. The molecular weight excluding hydrogens is 520 g/mol. The summed E-state index contributed by atoms with van der Waals surface area (Å²) < 4.78 is 13.0. The molecule has 1 aromatic carbocycles. The lowest BCUT2D eigenvalue weighted by molar-refractivity contribution is -0.113. The molecule has 0 atom stereocenters. The van der Waals surface area contributed by atoms with Crippen LogP contribution < -0.4 is 10.1 Å². The van der Waals surface area contributed by atoms with Gasteiger partial charge in [0, 0.05) is 11.4 Å². The van der Waals surface area contributed by atoms with Crippen molar-refractivity contribution < 1.29 is 19.1 Å². The molecule has 0 fully saturated rings. The van der Waals surface area contributed by atoms with Crippen LogP contribution in [0.3, 0.4) is 0 Å². The van der Waals surface area contributed by atoms with Crippen LogP contribution >= 0.6 is 23.1 Å². The van der Waals surface area contributed by atoms with Crippen molar-refractivity contribution in [2.24, 2.45) is 0 Å². The van der Waals surface area contributed by atoms with Crippen LogP contribution in [0, 0.1) is 0 Å². The van der Waals surface area contributed by atoms with Gasteiger partial charge in [-0.15, -0.1) is 21.5 Å². The van der Waals surface area contributed by atoms with E-state index in [0.717, 1.165) is 43.4 Å². The molecule has 1 N–H and O–H groups in total. The predicted molar refractivity (Wildman–Crippen MR) is 151 cm³/mol. The van der Waals surface area contributed by atoms with E-state index in [0.29, 0.717) is 28.1 Å². The highest BCUT2D eigenvalue weighted by atomic mass is 32.2. The second-order valence-electron chi connectivity index (χ2n) is 10.3. The lowest BCUT2D eigenvalue weighted by atomic mass is 9.87. The van der Waals surface area contributed by atoms with Gasteiger partial charge in [0.2, 0.25) is 5.91 Å². The van der Waals surface area contributed by atoms with Crippen LogP contribution in [0.15, 0.2) is 29.4 Å². The number of thiophene rings is 1. The van der Waals surface area contributed by atoms with Crippen molar-refractivity contribution in [1.82, 2.24) is 14.8 Å². The Hall–Kier alpha value is -2.85. The molecule has 4 rings (SSSR count). The first-order valence-corrected chi connectivity index (χ1v) is 14.8. The van der Waals surface area contributed by atoms with Gasteiger partial charge in [0.15, 0.2) is 11.0 Å². The third-order valence-electron chi connectivity index (χ3n) is 6.59. The van der Waals surface area contributed by atoms with Gasteiger partial charge >= 0.3 is 5.97 Å². The van der Waals surface area contributed by atoms with Crippen molar-refractivity contribution in [3.05, 3.63) is 51.7 Å². The van der Waals surface area contributed by atoms with E-state index in [-0.39, 0.29) is 23.7 Å². The van der Waals surface area contributed by atoms with Gasteiger partial charge in [-0.1, -0.05) is 51.1 Å². The third-order valence-corrected chi connectivity index (χ3v) is 8.77. The molecule has 0 bridgehead atoms. The summed E-state index contributed by atoms with van der Waals surface area (Å²) in [5.41, 5.74) is 2.88. The highest BCUT2D eigenvalue weighted by molar-refractivity contribution is 7.99. The minimum atomic E-state index is -0.393. The standard InChI is InChI=1S/C28H36N4O4S2/c1-6-32-22(16-36-19-14-12-18(13-15-19)28(2,3)4)30-31-27(32)37-17-23(33)29-25-24(26(34)35-5)20-10-8-7-9-11-21(20)38-25/h12-15H,6-11,16-17H2,1-5H3,(H,29,33). The van der Waals surface area contributed by atoms with Crippen LogP contribution in [-0.4, -0.2) is 39.5 Å². The molecule has 0 aliphatic heterocycles. The second-order valence-corrected chi connectivity index (χ2v) is 12.4. The van der Waals surface area contributed by atoms with Crippen LogP contribution in [0.2, 0.25) is 0 Å². The number of nitrogens with one attached hydrogen (secondary N) is 1. The topological polar surface area (TPSA) is 95.3 Å². The number of aromatic nitrogens is 3. The van der Waals surface area contributed by atoms with Crippen LogP contribution in [-0.2, 0) is 40.9 Å². The molecule has 0 unspecified atom stereocenters. The number of ether oxygens (including phenoxy) is 2. The maximum absolute atomic E-state index is 12.9. The lowest BCUT2D eigenvalue weighted by Crippen LogP contribution is -2.17. The van der Waals surface area contributed by atoms with E-state index in [4.69, 9.17) is 9.47 Å². The summed E-state index contributed by atoms with van der Waals surface area (Å²) in [6.45, 7) is 9.49. The first-order chi connectivity index (χ1) is 18.2. The monoisotopic (exact) mass is 556 g/mol. The highest BCUT2D eigenvalue weighted by Crippen LogP contribution is 2.38. The van der Waals surface area contributed by atoms with E-state index < -0.39 is 5.97 Å². The number of carbonyl (C=O) groups excluding carboxylic acids is 2. The summed E-state index contributed by atoms with van der Waals surface area (Å²) >= 11 is 2.81. The average molecular weight is 557 g/mol. The fourth-order valence-electron chi connectivity index (χ4n) is 4.49. The number of hydrogen-bond donors (Lipinski definition) is 1. The SMILES string of the molecule is CCn1c(COc2ccc(C(C)(C)C)cc2)nnc1SCC(=O)Nc1sc2c(c1C(=O)OC)CCCCC2. The van der Waals surface area contributed by atoms with Crippen LogP contribution in [0.1, 0.15) is 79.1 Å². The Morgan fingerprint density at radius 2 is 1.84 bits per heavy atom. The summed E-state index contributed by atoms with van der Waals surface area (Å²) in [5, 5.41) is 12.8. The van der Waals surface area contributed by atoms with E-state index in [1.807, 2.05) is 23.6 Å². The number of amides is 1. The van der Waals surface area contributed by atoms with Gasteiger partial charge in [0.25, 0.3) is 0 Å². The molecule has 1 amide bonds. The van der Waals surface area contributed by atoms with Crippen molar-refractivity contribution in [2.45, 2.75) is 83.5 Å². The smallest absolute Gasteiger partial charge is 0.341 e. The molecule has 1 aliphatic rings. The molecule has 0 spiro atoms. The maximum atomic E-state index is 12.9. The summed E-state index contributed by atoms with van der Waals surface area (Å²) in [7, 11) is 1.38. The minimum absolute atomic E-state index is 0.0858. The molecule has 204 valence electrons. The van der Waals surface area contributed by atoms with E-state index in [1.165, 1.54) is 40.6 Å². The fraction of sp³-hybridized carbons (Fsp3) is 0.500. The number of carbonyl (C=O) groups is 2. The lowest BCUT2D eigenvalue weighted by Gasteiger charge is -2.19. The maximum Gasteiger partial charge on any atom is 0.341 e. The van der Waals surface area contributed by atoms with Crippen molar-refractivity contribution in [1.29, 1.82) is 0 Å². The Labute approximate surface area is 232 Å². The average Bonchev–Trinajstić information content (AvgIpc) is 3.36. The van der Waals surface area contributed by atoms with Crippen molar-refractivity contribution in [3.8, 4) is 5.75 Å². The first-order valence-electron chi connectivity index (χ1n) is 13.0. The van der Waals surface area contributed by atoms with Crippen LogP contribution in [0.4, 0.5) is 5.00 Å². The Balaban J connectivity index is 1.38. The van der Waals surface area contributed by atoms with Crippen LogP contribution in [0.5, 0.6) is 5.75 Å². The van der Waals surface area contributed by atoms with E-state index in [2.05, 4.69) is 48.4 Å². The number of hydrogen-bond acceptors (Lipinski definition) is 8. The number of rotatable bonds is 9. The summed E-state index contributed by atoms with van der Waals surface area (Å²) in [6.07, 6.45) is 5.05. The molecule has 10 heteroatoms. The van der Waals surface area contributed by atoms with Crippen molar-refractivity contribution >= 4 is 40.0 Å². The molecule has 0 saturated carbocycles. The summed E-state index contributed by atoms with van der Waals surface area (Å²) in [4.78, 5) is 26.6. The first kappa shape index (κ1) is 28.2. The number of anilines is 1. The van der Waals surface area contributed by atoms with Gasteiger partial charge < -0.3 is 19.4 Å².